The van der Waals surface area contributed by atoms with Crippen molar-refractivity contribution in [2.75, 3.05) is 26.4 Å². The molecule has 0 bridgehead atoms. The Balaban J connectivity index is -0.0000000387. The van der Waals surface area contributed by atoms with E-state index in [9.17, 15) is 0 Å². The van der Waals surface area contributed by atoms with Gasteiger partial charge >= 0.3 is 0 Å². The minimum atomic E-state index is -0.125. The van der Waals surface area contributed by atoms with Gasteiger partial charge in [-0.05, 0) is 12.8 Å². The van der Waals surface area contributed by atoms with Gasteiger partial charge in [0.1, 0.15) is 0 Å². The molecule has 0 fully saturated rings. The Labute approximate surface area is 160 Å². The number of rotatable bonds is 9. The van der Waals surface area contributed by atoms with E-state index in [1.807, 2.05) is 0 Å². The van der Waals surface area contributed by atoms with E-state index in [1.54, 1.807) is 0 Å². The van der Waals surface area contributed by atoms with Crippen molar-refractivity contribution in [3.8, 4) is 0 Å². The summed E-state index contributed by atoms with van der Waals surface area (Å²) in [5.41, 5.74) is 0. The van der Waals surface area contributed by atoms with Crippen molar-refractivity contribution in [2.45, 2.75) is 52.4 Å². The molecule has 0 saturated heterocycles. The molecule has 0 aliphatic rings. The van der Waals surface area contributed by atoms with Gasteiger partial charge in [-0.2, -0.15) is 0 Å². The molecule has 0 aromatic heterocycles. The lowest BCUT2D eigenvalue weighted by Crippen LogP contribution is -1.95. The van der Waals surface area contributed by atoms with E-state index < -0.39 is 0 Å². The maximum Gasteiger partial charge on any atom is 0.0662 e. The first-order valence-electron chi connectivity index (χ1n) is 8.62. The highest BCUT2D eigenvalue weighted by atomic mass is 16.5. The topological polar surface area (TPSA) is 49.7 Å². The molecule has 0 heterocycles. The Morgan fingerprint density at radius 3 is 1.16 bits per heavy atom. The van der Waals surface area contributed by atoms with Crippen molar-refractivity contribution in [1.82, 2.24) is 0 Å². The highest BCUT2D eigenvalue weighted by Gasteiger charge is 1.88. The van der Waals surface area contributed by atoms with Crippen molar-refractivity contribution >= 4 is 0 Å². The Morgan fingerprint density at radius 2 is 0.880 bits per heavy atom. The third-order valence-electron chi connectivity index (χ3n) is 1.84. The molecule has 0 saturated carbocycles. The lowest BCUT2D eigenvalue weighted by atomic mass is 10.2. The fourth-order valence-electron chi connectivity index (χ4n) is 1.05. The fourth-order valence-corrected chi connectivity index (χ4v) is 1.05. The number of ether oxygens (including phenoxy) is 1. The van der Waals surface area contributed by atoms with E-state index in [4.69, 9.17) is 14.9 Å². The zero-order valence-electron chi connectivity index (χ0n) is 17.4. The molecule has 0 atom stereocenters. The van der Waals surface area contributed by atoms with E-state index in [1.165, 1.54) is 32.1 Å². The van der Waals surface area contributed by atoms with Gasteiger partial charge in [0, 0.05) is 13.2 Å². The standard InChI is InChI=1S/C10H22O.C2H6O2.5C2H4/c1-3-5-6-7-8-10-11-9-4-2;3-1-2-4;5*1-2/h3-10H2,1-2H3;3-4H,1-2H2;5*1-2H2. The van der Waals surface area contributed by atoms with Crippen LogP contribution in [0.4, 0.5) is 0 Å². The Morgan fingerprint density at radius 1 is 0.520 bits per heavy atom. The minimum Gasteiger partial charge on any atom is -0.394 e. The maximum absolute atomic E-state index is 7.62. The van der Waals surface area contributed by atoms with Crippen LogP contribution in [0, 0.1) is 0 Å². The lowest BCUT2D eigenvalue weighted by Gasteiger charge is -2.01. The number of hydrogen-bond acceptors (Lipinski definition) is 3. The third kappa shape index (κ3) is 166. The molecule has 0 spiro atoms. The number of aliphatic hydroxyl groups excluding tert-OH is 2. The smallest absolute Gasteiger partial charge is 0.0662 e. The average Bonchev–Trinajstić information content (AvgIpc) is 2.75. The van der Waals surface area contributed by atoms with Crippen LogP contribution in [-0.2, 0) is 4.74 Å². The van der Waals surface area contributed by atoms with Crippen molar-refractivity contribution < 1.29 is 14.9 Å². The predicted molar refractivity (Wildman–Crippen MR) is 120 cm³/mol. The summed E-state index contributed by atoms with van der Waals surface area (Å²) in [6, 6.07) is 0. The Kier molecular flexibility index (Phi) is 200. The van der Waals surface area contributed by atoms with Gasteiger partial charge < -0.3 is 14.9 Å². The van der Waals surface area contributed by atoms with Crippen LogP contribution in [0.1, 0.15) is 52.4 Å². The largest absolute Gasteiger partial charge is 0.394 e. The van der Waals surface area contributed by atoms with Crippen LogP contribution in [0.2, 0.25) is 0 Å². The quantitative estimate of drug-likeness (QED) is 0.371. The molecule has 2 N–H and O–H groups in total. The molecule has 154 valence electrons. The molecule has 0 aliphatic carbocycles. The normalized spacial score (nSPS) is 6.56. The van der Waals surface area contributed by atoms with E-state index in [-0.39, 0.29) is 13.2 Å². The van der Waals surface area contributed by atoms with Gasteiger partial charge in [0.2, 0.25) is 0 Å². The summed E-state index contributed by atoms with van der Waals surface area (Å²) in [6.45, 7) is 36.1. The molecular formula is C22H48O3. The third-order valence-corrected chi connectivity index (χ3v) is 1.84. The van der Waals surface area contributed by atoms with Gasteiger partial charge in [-0.25, -0.2) is 0 Å². The second-order valence-corrected chi connectivity index (χ2v) is 3.47. The summed E-state index contributed by atoms with van der Waals surface area (Å²) in [7, 11) is 0. The predicted octanol–water partition coefficient (Wildman–Crippen LogP) is 6.37. The first-order chi connectivity index (χ1) is 12.3. The average molecular weight is 361 g/mol. The van der Waals surface area contributed by atoms with E-state index in [0.717, 1.165) is 19.6 Å². The van der Waals surface area contributed by atoms with Crippen molar-refractivity contribution in [2.24, 2.45) is 0 Å². The molecule has 0 aromatic rings. The zero-order valence-corrected chi connectivity index (χ0v) is 17.4. The van der Waals surface area contributed by atoms with Gasteiger partial charge in [-0.3, -0.25) is 0 Å². The minimum absolute atomic E-state index is 0.125. The van der Waals surface area contributed by atoms with Gasteiger partial charge in [0.15, 0.2) is 0 Å². The molecular weight excluding hydrogens is 312 g/mol. The fraction of sp³-hybridized carbons (Fsp3) is 0.545. The van der Waals surface area contributed by atoms with Gasteiger partial charge in [-0.1, -0.05) is 39.5 Å². The van der Waals surface area contributed by atoms with Gasteiger partial charge in [0.25, 0.3) is 0 Å². The summed E-state index contributed by atoms with van der Waals surface area (Å²) in [4.78, 5) is 0. The molecule has 0 aliphatic heterocycles. The lowest BCUT2D eigenvalue weighted by molar-refractivity contribution is 0.130. The SMILES string of the molecule is C=C.C=C.C=C.C=C.C=C.CCCCCCCOCCC.OCCO. The van der Waals surface area contributed by atoms with E-state index in [0.29, 0.717) is 0 Å². The highest BCUT2D eigenvalue weighted by Crippen LogP contribution is 2.02. The molecule has 0 amide bonds. The second-order valence-electron chi connectivity index (χ2n) is 3.47. The first kappa shape index (κ1) is 43.7. The molecule has 0 radical (unpaired) electrons. The van der Waals surface area contributed by atoms with Crippen LogP contribution in [0.15, 0.2) is 65.8 Å². The molecule has 0 unspecified atom stereocenters. The van der Waals surface area contributed by atoms with Gasteiger partial charge in [-0.15, -0.1) is 65.8 Å². The Hall–Kier alpha value is -1.42. The molecule has 25 heavy (non-hydrogen) atoms. The zero-order chi connectivity index (χ0) is 21.8. The van der Waals surface area contributed by atoms with Crippen LogP contribution < -0.4 is 0 Å². The maximum atomic E-state index is 7.62. The highest BCUT2D eigenvalue weighted by molar-refractivity contribution is 4.41. The molecule has 3 nitrogen and oxygen atoms in total. The van der Waals surface area contributed by atoms with Crippen LogP contribution >= 0.6 is 0 Å². The second kappa shape index (κ2) is 115. The first-order valence-corrected chi connectivity index (χ1v) is 8.62. The Bertz CT molecular complexity index is 120. The monoisotopic (exact) mass is 360 g/mol. The molecule has 0 aromatic carbocycles. The summed E-state index contributed by atoms with van der Waals surface area (Å²) < 4.78 is 5.36. The summed E-state index contributed by atoms with van der Waals surface area (Å²) >= 11 is 0. The summed E-state index contributed by atoms with van der Waals surface area (Å²) in [6.07, 6.45) is 7.84. The van der Waals surface area contributed by atoms with Gasteiger partial charge in [0.05, 0.1) is 13.2 Å². The molecule has 3 heteroatoms. The number of hydrogen-bond donors (Lipinski definition) is 2. The summed E-state index contributed by atoms with van der Waals surface area (Å²) in [5.74, 6) is 0. The van der Waals surface area contributed by atoms with Crippen molar-refractivity contribution in [3.05, 3.63) is 65.8 Å². The van der Waals surface area contributed by atoms with Crippen molar-refractivity contribution in [3.63, 3.8) is 0 Å². The van der Waals surface area contributed by atoms with Crippen LogP contribution in [0.5, 0.6) is 0 Å². The van der Waals surface area contributed by atoms with Crippen LogP contribution in [0.3, 0.4) is 0 Å². The van der Waals surface area contributed by atoms with E-state index in [2.05, 4.69) is 79.6 Å². The van der Waals surface area contributed by atoms with Crippen molar-refractivity contribution in [1.29, 1.82) is 0 Å². The summed E-state index contributed by atoms with van der Waals surface area (Å²) in [5, 5.41) is 15.2. The van der Waals surface area contributed by atoms with Crippen LogP contribution in [-0.4, -0.2) is 36.6 Å². The number of aliphatic hydroxyl groups is 2. The molecule has 0 rings (SSSR count). The van der Waals surface area contributed by atoms with Crippen LogP contribution in [0.25, 0.3) is 0 Å². The number of unbranched alkanes of at least 4 members (excludes halogenated alkanes) is 4. The van der Waals surface area contributed by atoms with E-state index >= 15 is 0 Å².